The number of nitrogen functional groups attached to an aromatic ring is 1. The highest BCUT2D eigenvalue weighted by Crippen LogP contribution is 2.24. The first-order valence-corrected chi connectivity index (χ1v) is 7.86. The molecule has 19 heavy (non-hydrogen) atoms. The molecule has 1 aromatic carbocycles. The fourth-order valence-corrected chi connectivity index (χ4v) is 3.48. The standard InChI is InChI=1S/C12H17N3O3S/c13-9-2-3-11(10(8-9)12(14)16)15-4-1-6-19(17,18)7-5-15/h2-3,8H,1,4-7,13H2,(H2,14,16). The van der Waals surface area contributed by atoms with E-state index in [2.05, 4.69) is 0 Å². The van der Waals surface area contributed by atoms with Crippen molar-refractivity contribution in [2.24, 2.45) is 5.73 Å². The van der Waals surface area contributed by atoms with Crippen molar-refractivity contribution in [3.63, 3.8) is 0 Å². The molecule has 0 radical (unpaired) electrons. The van der Waals surface area contributed by atoms with E-state index in [1.807, 2.05) is 4.90 Å². The summed E-state index contributed by atoms with van der Waals surface area (Å²) in [5, 5.41) is 0. The Bertz CT molecular complexity index is 598. The first-order valence-electron chi connectivity index (χ1n) is 6.04. The van der Waals surface area contributed by atoms with Crippen molar-refractivity contribution in [3.05, 3.63) is 23.8 Å². The van der Waals surface area contributed by atoms with Gasteiger partial charge < -0.3 is 16.4 Å². The van der Waals surface area contributed by atoms with Crippen molar-refractivity contribution >= 4 is 27.1 Å². The third kappa shape index (κ3) is 3.17. The molecule has 1 fully saturated rings. The summed E-state index contributed by atoms with van der Waals surface area (Å²) in [6.07, 6.45) is 0.547. The van der Waals surface area contributed by atoms with Crippen LogP contribution in [0, 0.1) is 0 Å². The van der Waals surface area contributed by atoms with E-state index in [4.69, 9.17) is 11.5 Å². The zero-order chi connectivity index (χ0) is 14.0. The molecule has 0 atom stereocenters. The van der Waals surface area contributed by atoms with Gasteiger partial charge in [-0.3, -0.25) is 4.79 Å². The van der Waals surface area contributed by atoms with Gasteiger partial charge >= 0.3 is 0 Å². The SMILES string of the molecule is NC(=O)c1cc(N)ccc1N1CCCS(=O)(=O)CC1. The van der Waals surface area contributed by atoms with E-state index in [1.165, 1.54) is 6.07 Å². The molecule has 4 N–H and O–H groups in total. The van der Waals surface area contributed by atoms with Crippen LogP contribution in [0.3, 0.4) is 0 Å². The van der Waals surface area contributed by atoms with Gasteiger partial charge in [-0.1, -0.05) is 0 Å². The van der Waals surface area contributed by atoms with Gasteiger partial charge in [-0.15, -0.1) is 0 Å². The lowest BCUT2D eigenvalue weighted by atomic mass is 10.1. The van der Waals surface area contributed by atoms with Gasteiger partial charge in [0, 0.05) is 24.5 Å². The van der Waals surface area contributed by atoms with Crippen molar-refractivity contribution in [2.45, 2.75) is 6.42 Å². The van der Waals surface area contributed by atoms with Gasteiger partial charge in [0.15, 0.2) is 9.84 Å². The molecular formula is C12H17N3O3S. The van der Waals surface area contributed by atoms with E-state index in [1.54, 1.807) is 12.1 Å². The number of carbonyl (C=O) groups excluding carboxylic acids is 1. The molecule has 1 heterocycles. The molecule has 1 aliphatic rings. The molecule has 0 bridgehead atoms. The Labute approximate surface area is 112 Å². The molecule has 0 aliphatic carbocycles. The summed E-state index contributed by atoms with van der Waals surface area (Å²) < 4.78 is 23.2. The van der Waals surface area contributed by atoms with Crippen molar-refractivity contribution < 1.29 is 13.2 Å². The molecule has 7 heteroatoms. The second-order valence-electron chi connectivity index (χ2n) is 4.63. The van der Waals surface area contributed by atoms with Gasteiger partial charge in [-0.2, -0.15) is 0 Å². The third-order valence-electron chi connectivity index (χ3n) is 3.18. The Balaban J connectivity index is 2.34. The molecule has 1 amide bonds. The van der Waals surface area contributed by atoms with Crippen LogP contribution in [0.15, 0.2) is 18.2 Å². The molecule has 0 aromatic heterocycles. The zero-order valence-electron chi connectivity index (χ0n) is 10.5. The summed E-state index contributed by atoms with van der Waals surface area (Å²) >= 11 is 0. The summed E-state index contributed by atoms with van der Waals surface area (Å²) in [5.74, 6) is -0.283. The Hall–Kier alpha value is -1.76. The molecule has 2 rings (SSSR count). The van der Waals surface area contributed by atoms with Crippen molar-refractivity contribution in [1.29, 1.82) is 0 Å². The molecule has 0 spiro atoms. The maximum absolute atomic E-state index is 11.6. The number of amides is 1. The number of nitrogens with zero attached hydrogens (tertiary/aromatic N) is 1. The zero-order valence-corrected chi connectivity index (χ0v) is 11.3. The van der Waals surface area contributed by atoms with Gasteiger partial charge in [0.25, 0.3) is 5.91 Å². The fraction of sp³-hybridized carbons (Fsp3) is 0.417. The molecule has 1 aliphatic heterocycles. The first-order chi connectivity index (χ1) is 8.89. The van der Waals surface area contributed by atoms with E-state index in [0.29, 0.717) is 36.4 Å². The van der Waals surface area contributed by atoms with Gasteiger partial charge in [-0.25, -0.2) is 8.42 Å². The molecule has 1 aromatic rings. The highest BCUT2D eigenvalue weighted by Gasteiger charge is 2.22. The number of carbonyl (C=O) groups is 1. The number of hydrogen-bond donors (Lipinski definition) is 2. The maximum atomic E-state index is 11.6. The van der Waals surface area contributed by atoms with Crippen molar-refractivity contribution in [3.8, 4) is 0 Å². The average Bonchev–Trinajstić information content (AvgIpc) is 2.50. The quantitative estimate of drug-likeness (QED) is 0.743. The van der Waals surface area contributed by atoms with Crippen molar-refractivity contribution in [2.75, 3.05) is 35.2 Å². The van der Waals surface area contributed by atoms with Crippen LogP contribution in [0.4, 0.5) is 11.4 Å². The lowest BCUT2D eigenvalue weighted by molar-refractivity contribution is 0.100. The van der Waals surface area contributed by atoms with Crippen LogP contribution in [0.25, 0.3) is 0 Å². The van der Waals surface area contributed by atoms with Gasteiger partial charge in [-0.05, 0) is 24.6 Å². The number of nitrogens with two attached hydrogens (primary N) is 2. The molecule has 1 saturated heterocycles. The summed E-state index contributed by atoms with van der Waals surface area (Å²) in [4.78, 5) is 13.3. The fourth-order valence-electron chi connectivity index (χ4n) is 2.21. The maximum Gasteiger partial charge on any atom is 0.250 e. The smallest absolute Gasteiger partial charge is 0.250 e. The van der Waals surface area contributed by atoms with Crippen molar-refractivity contribution in [1.82, 2.24) is 0 Å². The lowest BCUT2D eigenvalue weighted by Crippen LogP contribution is -2.29. The van der Waals surface area contributed by atoms with Crippen LogP contribution >= 0.6 is 0 Å². The number of rotatable bonds is 2. The molecular weight excluding hydrogens is 266 g/mol. The minimum absolute atomic E-state index is 0.0928. The molecule has 6 nitrogen and oxygen atoms in total. The Kier molecular flexibility index (Phi) is 3.66. The van der Waals surface area contributed by atoms with E-state index in [0.717, 1.165) is 0 Å². The highest BCUT2D eigenvalue weighted by molar-refractivity contribution is 7.91. The van der Waals surface area contributed by atoms with Gasteiger partial charge in [0.1, 0.15) is 0 Å². The van der Waals surface area contributed by atoms with Crippen LogP contribution in [-0.2, 0) is 9.84 Å². The minimum Gasteiger partial charge on any atom is -0.399 e. The lowest BCUT2D eigenvalue weighted by Gasteiger charge is -2.24. The summed E-state index contributed by atoms with van der Waals surface area (Å²) in [5.41, 5.74) is 12.4. The predicted octanol–water partition coefficient (Wildman–Crippen LogP) is -0.00740. The molecule has 0 saturated carbocycles. The minimum atomic E-state index is -2.98. The van der Waals surface area contributed by atoms with E-state index < -0.39 is 15.7 Å². The topological polar surface area (TPSA) is 106 Å². The van der Waals surface area contributed by atoms with Crippen LogP contribution in [0.1, 0.15) is 16.8 Å². The second-order valence-corrected chi connectivity index (χ2v) is 6.94. The Morgan fingerprint density at radius 1 is 1.21 bits per heavy atom. The van der Waals surface area contributed by atoms with Gasteiger partial charge in [0.05, 0.1) is 17.1 Å². The normalized spacial score (nSPS) is 18.8. The van der Waals surface area contributed by atoms with Gasteiger partial charge in [0.2, 0.25) is 0 Å². The summed E-state index contributed by atoms with van der Waals surface area (Å²) in [6, 6.07) is 4.92. The largest absolute Gasteiger partial charge is 0.399 e. The van der Waals surface area contributed by atoms with E-state index >= 15 is 0 Å². The molecule has 0 unspecified atom stereocenters. The monoisotopic (exact) mass is 283 g/mol. The highest BCUT2D eigenvalue weighted by atomic mass is 32.2. The van der Waals surface area contributed by atoms with Crippen LogP contribution in [0.5, 0.6) is 0 Å². The first kappa shape index (κ1) is 13.7. The Morgan fingerprint density at radius 3 is 2.63 bits per heavy atom. The number of anilines is 2. The Morgan fingerprint density at radius 2 is 1.95 bits per heavy atom. The number of benzene rings is 1. The third-order valence-corrected chi connectivity index (χ3v) is 4.90. The summed E-state index contributed by atoms with van der Waals surface area (Å²) in [7, 11) is -2.98. The second kappa shape index (κ2) is 5.08. The van der Waals surface area contributed by atoms with E-state index in [-0.39, 0.29) is 11.5 Å². The average molecular weight is 283 g/mol. The van der Waals surface area contributed by atoms with Crippen LogP contribution in [0.2, 0.25) is 0 Å². The van der Waals surface area contributed by atoms with Crippen LogP contribution < -0.4 is 16.4 Å². The summed E-state index contributed by atoms with van der Waals surface area (Å²) in [6.45, 7) is 0.954. The van der Waals surface area contributed by atoms with E-state index in [9.17, 15) is 13.2 Å². The predicted molar refractivity (Wildman–Crippen MR) is 74.9 cm³/mol. The number of hydrogen-bond acceptors (Lipinski definition) is 5. The molecule has 104 valence electrons. The number of primary amides is 1. The van der Waals surface area contributed by atoms with Crippen LogP contribution in [-0.4, -0.2) is 38.9 Å². The number of sulfone groups is 1.